The number of rotatable bonds is 3. The van der Waals surface area contributed by atoms with Crippen molar-refractivity contribution in [2.45, 2.75) is 38.1 Å². The monoisotopic (exact) mass is 363 g/mol. The maximum atomic E-state index is 12.9. The zero-order valence-electron chi connectivity index (χ0n) is 14.4. The van der Waals surface area contributed by atoms with Crippen molar-refractivity contribution in [2.24, 2.45) is 0 Å². The van der Waals surface area contributed by atoms with Crippen LogP contribution in [-0.4, -0.2) is 23.6 Å². The van der Waals surface area contributed by atoms with Gasteiger partial charge < -0.3 is 9.64 Å². The highest BCUT2D eigenvalue weighted by Crippen LogP contribution is 2.37. The van der Waals surface area contributed by atoms with E-state index in [1.54, 1.807) is 11.0 Å². The molecule has 0 bridgehead atoms. The number of alkyl halides is 3. The molecule has 6 heteroatoms. The van der Waals surface area contributed by atoms with Crippen molar-refractivity contribution < 1.29 is 22.7 Å². The number of carbonyl (C=O) groups is 1. The van der Waals surface area contributed by atoms with Gasteiger partial charge in [-0.05, 0) is 30.5 Å². The Morgan fingerprint density at radius 1 is 1.15 bits per heavy atom. The third-order valence-corrected chi connectivity index (χ3v) is 4.84. The molecule has 3 nitrogen and oxygen atoms in total. The van der Waals surface area contributed by atoms with Gasteiger partial charge in [0.05, 0.1) is 5.56 Å². The maximum Gasteiger partial charge on any atom is 0.416 e. The van der Waals surface area contributed by atoms with Gasteiger partial charge in [0.15, 0.2) is 0 Å². The summed E-state index contributed by atoms with van der Waals surface area (Å²) in [6, 6.07) is 14.5. The van der Waals surface area contributed by atoms with Gasteiger partial charge in [-0.15, -0.1) is 0 Å². The predicted octanol–water partition coefficient (Wildman–Crippen LogP) is 5.22. The fraction of sp³-hybridized carbons (Fsp3) is 0.350. The van der Waals surface area contributed by atoms with E-state index in [1.807, 2.05) is 37.3 Å². The van der Waals surface area contributed by atoms with E-state index >= 15 is 0 Å². The van der Waals surface area contributed by atoms with E-state index in [0.29, 0.717) is 18.5 Å². The van der Waals surface area contributed by atoms with Crippen molar-refractivity contribution in [1.29, 1.82) is 0 Å². The summed E-state index contributed by atoms with van der Waals surface area (Å²) in [5.74, 6) is -0.137. The number of hydrogen-bond donors (Lipinski definition) is 0. The van der Waals surface area contributed by atoms with Gasteiger partial charge in [-0.1, -0.05) is 48.5 Å². The second-order valence-electron chi connectivity index (χ2n) is 6.49. The van der Waals surface area contributed by atoms with Crippen LogP contribution in [0.1, 0.15) is 36.0 Å². The Bertz CT molecular complexity index is 761. The van der Waals surface area contributed by atoms with E-state index in [4.69, 9.17) is 4.74 Å². The third-order valence-electron chi connectivity index (χ3n) is 4.84. The van der Waals surface area contributed by atoms with Crippen molar-refractivity contribution in [1.82, 2.24) is 4.90 Å². The van der Waals surface area contributed by atoms with E-state index in [-0.39, 0.29) is 18.6 Å². The predicted molar refractivity (Wildman–Crippen MR) is 91.6 cm³/mol. The molecule has 3 rings (SSSR count). The molecule has 1 saturated heterocycles. The first-order chi connectivity index (χ1) is 12.4. The average Bonchev–Trinajstić information content (AvgIpc) is 3.01. The largest absolute Gasteiger partial charge is 0.445 e. The number of nitrogens with zero attached hydrogens (tertiary/aromatic N) is 1. The van der Waals surface area contributed by atoms with E-state index < -0.39 is 17.8 Å². The van der Waals surface area contributed by atoms with E-state index in [1.165, 1.54) is 12.1 Å². The zero-order chi connectivity index (χ0) is 18.7. The van der Waals surface area contributed by atoms with Crippen molar-refractivity contribution in [3.05, 3.63) is 71.3 Å². The van der Waals surface area contributed by atoms with Crippen LogP contribution in [-0.2, 0) is 17.5 Å². The van der Waals surface area contributed by atoms with Gasteiger partial charge in [0.25, 0.3) is 0 Å². The lowest BCUT2D eigenvalue weighted by molar-refractivity contribution is -0.137. The fourth-order valence-corrected chi connectivity index (χ4v) is 3.39. The van der Waals surface area contributed by atoms with Crippen LogP contribution in [0.25, 0.3) is 0 Å². The minimum Gasteiger partial charge on any atom is -0.445 e. The average molecular weight is 363 g/mol. The van der Waals surface area contributed by atoms with Crippen molar-refractivity contribution in [2.75, 3.05) is 6.54 Å². The summed E-state index contributed by atoms with van der Waals surface area (Å²) in [4.78, 5) is 13.9. The summed E-state index contributed by atoms with van der Waals surface area (Å²) in [5.41, 5.74) is 0.833. The number of amides is 1. The molecule has 138 valence electrons. The molecule has 0 aromatic heterocycles. The molecule has 2 aromatic carbocycles. The number of hydrogen-bond acceptors (Lipinski definition) is 2. The summed E-state index contributed by atoms with van der Waals surface area (Å²) in [5, 5.41) is 0. The van der Waals surface area contributed by atoms with Gasteiger partial charge in [-0.2, -0.15) is 13.2 Å². The second kappa shape index (κ2) is 7.40. The number of benzene rings is 2. The molecule has 1 amide bonds. The molecule has 2 unspecified atom stereocenters. The lowest BCUT2D eigenvalue weighted by Gasteiger charge is -2.24. The Balaban J connectivity index is 1.66. The van der Waals surface area contributed by atoms with Crippen LogP contribution in [0.5, 0.6) is 0 Å². The molecule has 1 aliphatic heterocycles. The van der Waals surface area contributed by atoms with E-state index in [9.17, 15) is 18.0 Å². The minimum absolute atomic E-state index is 0.137. The molecule has 26 heavy (non-hydrogen) atoms. The molecule has 2 aromatic rings. The molecule has 0 radical (unpaired) electrons. The van der Waals surface area contributed by atoms with Crippen LogP contribution >= 0.6 is 0 Å². The lowest BCUT2D eigenvalue weighted by Crippen LogP contribution is -2.35. The van der Waals surface area contributed by atoms with Gasteiger partial charge >= 0.3 is 12.3 Å². The van der Waals surface area contributed by atoms with Crippen LogP contribution in [0, 0.1) is 0 Å². The first-order valence-corrected chi connectivity index (χ1v) is 8.51. The molecule has 0 N–H and O–H groups in total. The zero-order valence-corrected chi connectivity index (χ0v) is 14.4. The highest BCUT2D eigenvalue weighted by atomic mass is 19.4. The van der Waals surface area contributed by atoms with Crippen LogP contribution < -0.4 is 0 Å². The first kappa shape index (κ1) is 18.3. The fourth-order valence-electron chi connectivity index (χ4n) is 3.39. The van der Waals surface area contributed by atoms with Crippen molar-refractivity contribution in [3.63, 3.8) is 0 Å². The smallest absolute Gasteiger partial charge is 0.416 e. The summed E-state index contributed by atoms with van der Waals surface area (Å²) in [6.07, 6.45) is -4.19. The Morgan fingerprint density at radius 2 is 1.88 bits per heavy atom. The van der Waals surface area contributed by atoms with E-state index in [2.05, 4.69) is 0 Å². The first-order valence-electron chi connectivity index (χ1n) is 8.51. The maximum absolute atomic E-state index is 12.9. The number of likely N-dealkylation sites (tertiary alicyclic amines) is 1. The van der Waals surface area contributed by atoms with Gasteiger partial charge in [0, 0.05) is 18.5 Å². The van der Waals surface area contributed by atoms with Gasteiger partial charge in [0.1, 0.15) is 6.61 Å². The number of ether oxygens (including phenoxy) is 1. The third kappa shape index (κ3) is 4.00. The SMILES string of the molecule is CC1C(c2cccc(C(F)(F)F)c2)CCN1C(=O)OCc1ccccc1. The Hall–Kier alpha value is -2.50. The van der Waals surface area contributed by atoms with Gasteiger partial charge in [0.2, 0.25) is 0 Å². The van der Waals surface area contributed by atoms with Crippen LogP contribution in [0.3, 0.4) is 0 Å². The quantitative estimate of drug-likeness (QED) is 0.748. The van der Waals surface area contributed by atoms with Gasteiger partial charge in [-0.3, -0.25) is 0 Å². The molecular formula is C20H20F3NO2. The number of halogens is 3. The van der Waals surface area contributed by atoms with Crippen LogP contribution in [0.2, 0.25) is 0 Å². The lowest BCUT2D eigenvalue weighted by atomic mass is 9.91. The van der Waals surface area contributed by atoms with Crippen molar-refractivity contribution in [3.8, 4) is 0 Å². The molecular weight excluding hydrogens is 343 g/mol. The number of carbonyl (C=O) groups excluding carboxylic acids is 1. The Morgan fingerprint density at radius 3 is 2.58 bits per heavy atom. The summed E-state index contributed by atoms with van der Waals surface area (Å²) in [7, 11) is 0. The second-order valence-corrected chi connectivity index (χ2v) is 6.49. The molecule has 1 aliphatic rings. The molecule has 0 aliphatic carbocycles. The van der Waals surface area contributed by atoms with Crippen molar-refractivity contribution >= 4 is 6.09 Å². The molecule has 2 atom stereocenters. The normalized spacial score (nSPS) is 20.2. The highest BCUT2D eigenvalue weighted by Gasteiger charge is 2.37. The molecule has 0 spiro atoms. The summed E-state index contributed by atoms with van der Waals surface area (Å²) < 4.78 is 44.2. The Labute approximate surface area is 150 Å². The topological polar surface area (TPSA) is 29.5 Å². The van der Waals surface area contributed by atoms with Crippen LogP contribution in [0.4, 0.5) is 18.0 Å². The summed E-state index contributed by atoms with van der Waals surface area (Å²) in [6.45, 7) is 2.49. The molecule has 0 saturated carbocycles. The minimum atomic E-state index is -4.37. The van der Waals surface area contributed by atoms with E-state index in [0.717, 1.165) is 11.6 Å². The summed E-state index contributed by atoms with van der Waals surface area (Å²) >= 11 is 0. The highest BCUT2D eigenvalue weighted by molar-refractivity contribution is 5.68. The van der Waals surface area contributed by atoms with Gasteiger partial charge in [-0.25, -0.2) is 4.79 Å². The molecule has 1 fully saturated rings. The standard InChI is InChI=1S/C20H20F3NO2/c1-14-18(16-8-5-9-17(12-16)20(21,22)23)10-11-24(14)19(25)26-13-15-6-3-2-4-7-15/h2-9,12,14,18H,10-11,13H2,1H3. The van der Waals surface area contributed by atoms with Crippen LogP contribution in [0.15, 0.2) is 54.6 Å². The Kier molecular flexibility index (Phi) is 5.20. The molecule has 1 heterocycles.